The second-order valence-corrected chi connectivity index (χ2v) is 6.16. The van der Waals surface area contributed by atoms with Gasteiger partial charge in [0.25, 0.3) is 0 Å². The lowest BCUT2D eigenvalue weighted by Crippen LogP contribution is -2.22. The van der Waals surface area contributed by atoms with Gasteiger partial charge in [-0.25, -0.2) is 4.79 Å². The van der Waals surface area contributed by atoms with Crippen LogP contribution in [0.15, 0.2) is 30.3 Å². The maximum absolute atomic E-state index is 12.4. The van der Waals surface area contributed by atoms with E-state index in [9.17, 15) is 9.59 Å². The standard InChI is InChI=1S/C18H16O4/c1-9-4-3-5-12-11(9)6-7-13-15(12)18(20)22-16(13)14-10(2)8-21-17(14)19/h3-7,10,14,16H,8H2,1-2H3/t10-,14-,16-/m0/s1. The van der Waals surface area contributed by atoms with E-state index in [0.717, 1.165) is 21.9 Å². The molecule has 112 valence electrons. The number of rotatable bonds is 1. The minimum Gasteiger partial charge on any atom is -0.465 e. The third-order valence-electron chi connectivity index (χ3n) is 4.76. The van der Waals surface area contributed by atoms with Gasteiger partial charge in [0, 0.05) is 11.5 Å². The van der Waals surface area contributed by atoms with Gasteiger partial charge in [0.1, 0.15) is 12.0 Å². The van der Waals surface area contributed by atoms with Gasteiger partial charge < -0.3 is 9.47 Å². The smallest absolute Gasteiger partial charge is 0.339 e. The van der Waals surface area contributed by atoms with Crippen LogP contribution in [0.3, 0.4) is 0 Å². The van der Waals surface area contributed by atoms with Crippen LogP contribution in [0.4, 0.5) is 0 Å². The zero-order valence-electron chi connectivity index (χ0n) is 12.5. The molecule has 0 aliphatic carbocycles. The van der Waals surface area contributed by atoms with Crippen molar-refractivity contribution in [1.82, 2.24) is 0 Å². The normalized spacial score (nSPS) is 26.9. The van der Waals surface area contributed by atoms with E-state index >= 15 is 0 Å². The zero-order valence-corrected chi connectivity index (χ0v) is 12.5. The van der Waals surface area contributed by atoms with Crippen molar-refractivity contribution in [2.45, 2.75) is 20.0 Å². The lowest BCUT2D eigenvalue weighted by molar-refractivity contribution is -0.144. The molecular weight excluding hydrogens is 280 g/mol. The molecule has 2 aliphatic rings. The molecule has 0 radical (unpaired) electrons. The van der Waals surface area contributed by atoms with Gasteiger partial charge in [-0.1, -0.05) is 37.3 Å². The first-order valence-corrected chi connectivity index (χ1v) is 7.48. The summed E-state index contributed by atoms with van der Waals surface area (Å²) in [4.78, 5) is 24.4. The zero-order chi connectivity index (χ0) is 15.4. The Morgan fingerprint density at radius 2 is 1.91 bits per heavy atom. The predicted octanol–water partition coefficient (Wildman–Crippen LogP) is 3.17. The first-order chi connectivity index (χ1) is 10.6. The average Bonchev–Trinajstić information content (AvgIpc) is 3.00. The van der Waals surface area contributed by atoms with Crippen LogP contribution in [0.25, 0.3) is 10.8 Å². The van der Waals surface area contributed by atoms with Crippen molar-refractivity contribution >= 4 is 22.7 Å². The van der Waals surface area contributed by atoms with Gasteiger partial charge in [-0.3, -0.25) is 4.79 Å². The molecule has 1 saturated heterocycles. The summed E-state index contributed by atoms with van der Waals surface area (Å²) in [5, 5.41) is 1.94. The molecule has 0 unspecified atom stereocenters. The maximum atomic E-state index is 12.4. The lowest BCUT2D eigenvalue weighted by atomic mass is 9.85. The Bertz CT molecular complexity index is 808. The number of ether oxygens (including phenoxy) is 2. The van der Waals surface area contributed by atoms with Crippen LogP contribution in [0.5, 0.6) is 0 Å². The largest absolute Gasteiger partial charge is 0.465 e. The summed E-state index contributed by atoms with van der Waals surface area (Å²) in [6, 6.07) is 9.80. The summed E-state index contributed by atoms with van der Waals surface area (Å²) < 4.78 is 10.7. The van der Waals surface area contributed by atoms with E-state index in [1.807, 2.05) is 44.2 Å². The van der Waals surface area contributed by atoms with Gasteiger partial charge in [0.15, 0.2) is 0 Å². The van der Waals surface area contributed by atoms with E-state index in [0.29, 0.717) is 12.2 Å². The Kier molecular flexibility index (Phi) is 2.76. The number of aryl methyl sites for hydroxylation is 1. The van der Waals surface area contributed by atoms with Gasteiger partial charge >= 0.3 is 11.9 Å². The summed E-state index contributed by atoms with van der Waals surface area (Å²) in [6.45, 7) is 4.36. The minimum atomic E-state index is -0.530. The monoisotopic (exact) mass is 296 g/mol. The Hall–Kier alpha value is -2.36. The molecule has 2 aromatic rings. The fourth-order valence-corrected chi connectivity index (χ4v) is 3.57. The molecule has 0 amide bonds. The second kappa shape index (κ2) is 4.57. The summed E-state index contributed by atoms with van der Waals surface area (Å²) in [6.07, 6.45) is -0.530. The fourth-order valence-electron chi connectivity index (χ4n) is 3.57. The Morgan fingerprint density at radius 3 is 2.64 bits per heavy atom. The Balaban J connectivity index is 1.91. The number of hydrogen-bond acceptors (Lipinski definition) is 4. The lowest BCUT2D eigenvalue weighted by Gasteiger charge is -2.18. The number of cyclic esters (lactones) is 2. The number of carbonyl (C=O) groups excluding carboxylic acids is 2. The molecule has 4 heteroatoms. The molecule has 2 aliphatic heterocycles. The van der Waals surface area contributed by atoms with Gasteiger partial charge in [-0.2, -0.15) is 0 Å². The minimum absolute atomic E-state index is 0.0458. The third kappa shape index (κ3) is 1.70. The molecule has 0 spiro atoms. The van der Waals surface area contributed by atoms with E-state index in [-0.39, 0.29) is 17.9 Å². The van der Waals surface area contributed by atoms with Crippen LogP contribution in [-0.2, 0) is 14.3 Å². The SMILES string of the molecule is Cc1cccc2c3c(ccc12)[C@@H]([C@H]1C(=O)OC[C@@H]1C)OC3=O. The first kappa shape index (κ1) is 13.3. The molecule has 2 aromatic carbocycles. The average molecular weight is 296 g/mol. The highest BCUT2D eigenvalue weighted by molar-refractivity contribution is 6.08. The second-order valence-electron chi connectivity index (χ2n) is 6.16. The third-order valence-corrected chi connectivity index (χ3v) is 4.76. The number of hydrogen-bond donors (Lipinski definition) is 0. The van der Waals surface area contributed by atoms with Crippen LogP contribution in [0.2, 0.25) is 0 Å². The summed E-state index contributed by atoms with van der Waals surface area (Å²) >= 11 is 0. The van der Waals surface area contributed by atoms with E-state index < -0.39 is 12.0 Å². The van der Waals surface area contributed by atoms with Crippen LogP contribution >= 0.6 is 0 Å². The summed E-state index contributed by atoms with van der Waals surface area (Å²) in [7, 11) is 0. The van der Waals surface area contributed by atoms with E-state index in [4.69, 9.17) is 9.47 Å². The number of fused-ring (bicyclic) bond motifs is 3. The maximum Gasteiger partial charge on any atom is 0.339 e. The van der Waals surface area contributed by atoms with Crippen LogP contribution in [0.1, 0.15) is 34.5 Å². The molecule has 4 nitrogen and oxygen atoms in total. The van der Waals surface area contributed by atoms with Crippen LogP contribution in [0, 0.1) is 18.8 Å². The van der Waals surface area contributed by atoms with Crippen molar-refractivity contribution in [3.8, 4) is 0 Å². The van der Waals surface area contributed by atoms with Gasteiger partial charge in [0.2, 0.25) is 0 Å². The van der Waals surface area contributed by atoms with Crippen molar-refractivity contribution in [1.29, 1.82) is 0 Å². The first-order valence-electron chi connectivity index (χ1n) is 7.48. The number of esters is 2. The highest BCUT2D eigenvalue weighted by Gasteiger charge is 2.47. The molecule has 3 atom stereocenters. The van der Waals surface area contributed by atoms with Crippen LogP contribution < -0.4 is 0 Å². The fraction of sp³-hybridized carbons (Fsp3) is 0.333. The van der Waals surface area contributed by atoms with E-state index in [2.05, 4.69) is 0 Å². The van der Waals surface area contributed by atoms with Crippen molar-refractivity contribution in [3.63, 3.8) is 0 Å². The van der Waals surface area contributed by atoms with Gasteiger partial charge in [0.05, 0.1) is 12.2 Å². The van der Waals surface area contributed by atoms with Crippen molar-refractivity contribution < 1.29 is 19.1 Å². The Morgan fingerprint density at radius 1 is 1.09 bits per heavy atom. The molecule has 4 rings (SSSR count). The van der Waals surface area contributed by atoms with Crippen LogP contribution in [-0.4, -0.2) is 18.5 Å². The summed E-state index contributed by atoms with van der Waals surface area (Å²) in [5.41, 5.74) is 2.52. The predicted molar refractivity (Wildman–Crippen MR) is 80.5 cm³/mol. The molecule has 22 heavy (non-hydrogen) atoms. The summed E-state index contributed by atoms with van der Waals surface area (Å²) in [5.74, 6) is -0.984. The molecule has 0 bridgehead atoms. The molecule has 1 fully saturated rings. The quantitative estimate of drug-likeness (QED) is 0.758. The van der Waals surface area contributed by atoms with Crippen molar-refractivity contribution in [3.05, 3.63) is 47.0 Å². The topological polar surface area (TPSA) is 52.6 Å². The highest BCUT2D eigenvalue weighted by atomic mass is 16.6. The molecule has 0 aromatic heterocycles. The molecule has 0 N–H and O–H groups in total. The van der Waals surface area contributed by atoms with Crippen molar-refractivity contribution in [2.75, 3.05) is 6.61 Å². The van der Waals surface area contributed by atoms with E-state index in [1.54, 1.807) is 0 Å². The molecule has 2 heterocycles. The highest BCUT2D eigenvalue weighted by Crippen LogP contribution is 2.44. The Labute approximate surface area is 128 Å². The molecular formula is C18H16O4. The van der Waals surface area contributed by atoms with E-state index in [1.165, 1.54) is 0 Å². The van der Waals surface area contributed by atoms with Crippen molar-refractivity contribution in [2.24, 2.45) is 11.8 Å². The number of benzene rings is 2. The van der Waals surface area contributed by atoms with Gasteiger partial charge in [-0.15, -0.1) is 0 Å². The number of carbonyl (C=O) groups is 2. The van der Waals surface area contributed by atoms with Gasteiger partial charge in [-0.05, 0) is 23.3 Å². The molecule has 0 saturated carbocycles.